The highest BCUT2D eigenvalue weighted by molar-refractivity contribution is 6.30. The van der Waals surface area contributed by atoms with Crippen molar-refractivity contribution in [1.82, 2.24) is 4.90 Å². The van der Waals surface area contributed by atoms with Crippen molar-refractivity contribution in [3.05, 3.63) is 34.9 Å². The molecule has 17 heavy (non-hydrogen) atoms. The highest BCUT2D eigenvalue weighted by atomic mass is 35.5. The lowest BCUT2D eigenvalue weighted by molar-refractivity contribution is 0.0353. The Morgan fingerprint density at radius 2 is 2.12 bits per heavy atom. The van der Waals surface area contributed by atoms with Crippen molar-refractivity contribution < 1.29 is 4.74 Å². The van der Waals surface area contributed by atoms with E-state index in [1.807, 2.05) is 18.2 Å². The number of morpholine rings is 1. The zero-order valence-electron chi connectivity index (χ0n) is 9.94. The van der Waals surface area contributed by atoms with Gasteiger partial charge in [0.2, 0.25) is 0 Å². The van der Waals surface area contributed by atoms with Crippen LogP contribution in [0.3, 0.4) is 0 Å². The van der Waals surface area contributed by atoms with Gasteiger partial charge in [-0.2, -0.15) is 0 Å². The molecule has 0 aliphatic carbocycles. The lowest BCUT2D eigenvalue weighted by atomic mass is 10.1. The predicted octanol–water partition coefficient (Wildman–Crippen LogP) is 1.54. The number of nitrogens with zero attached hydrogens (tertiary/aromatic N) is 1. The van der Waals surface area contributed by atoms with Crippen LogP contribution in [0.15, 0.2) is 24.3 Å². The van der Waals surface area contributed by atoms with Crippen molar-refractivity contribution in [2.45, 2.75) is 12.5 Å². The quantitative estimate of drug-likeness (QED) is 0.886. The fourth-order valence-corrected chi connectivity index (χ4v) is 2.36. The molecule has 4 heteroatoms. The molecule has 0 aromatic heterocycles. The molecule has 3 nitrogen and oxygen atoms in total. The first-order valence-corrected chi connectivity index (χ1v) is 6.42. The molecule has 0 saturated carbocycles. The number of ether oxygens (including phenoxy) is 1. The maximum Gasteiger partial charge on any atom is 0.0594 e. The third-order valence-electron chi connectivity index (χ3n) is 2.98. The van der Waals surface area contributed by atoms with Gasteiger partial charge in [0, 0.05) is 30.7 Å². The van der Waals surface area contributed by atoms with Gasteiger partial charge in [-0.1, -0.05) is 23.7 Å². The molecule has 94 valence electrons. The van der Waals surface area contributed by atoms with E-state index >= 15 is 0 Å². The molecule has 1 saturated heterocycles. The molecule has 1 fully saturated rings. The van der Waals surface area contributed by atoms with Crippen molar-refractivity contribution in [1.29, 1.82) is 0 Å². The molecular weight excluding hydrogens is 236 g/mol. The van der Waals surface area contributed by atoms with Crippen LogP contribution in [0, 0.1) is 0 Å². The summed E-state index contributed by atoms with van der Waals surface area (Å²) in [5.74, 6) is 0. The van der Waals surface area contributed by atoms with Gasteiger partial charge >= 0.3 is 0 Å². The van der Waals surface area contributed by atoms with Crippen molar-refractivity contribution in [3.8, 4) is 0 Å². The summed E-state index contributed by atoms with van der Waals surface area (Å²) in [5, 5.41) is 0.779. The minimum absolute atomic E-state index is 0.159. The summed E-state index contributed by atoms with van der Waals surface area (Å²) < 4.78 is 5.32. The van der Waals surface area contributed by atoms with E-state index in [-0.39, 0.29) is 6.04 Å². The summed E-state index contributed by atoms with van der Waals surface area (Å²) in [6.45, 7) is 4.55. The van der Waals surface area contributed by atoms with E-state index in [0.29, 0.717) is 0 Å². The van der Waals surface area contributed by atoms with Crippen LogP contribution in [0.25, 0.3) is 0 Å². The van der Waals surface area contributed by atoms with E-state index in [1.165, 1.54) is 5.56 Å². The second-order valence-corrected chi connectivity index (χ2v) is 4.94. The highest BCUT2D eigenvalue weighted by Gasteiger charge is 2.14. The first-order chi connectivity index (χ1) is 8.24. The average molecular weight is 255 g/mol. The molecule has 1 atom stereocenters. The van der Waals surface area contributed by atoms with Crippen LogP contribution in [-0.2, 0) is 11.2 Å². The standard InChI is InChI=1S/C13H19ClN2O/c14-12-3-1-2-11(8-12)9-13(15)10-16-4-6-17-7-5-16/h1-3,8,13H,4-7,9-10,15H2. The number of hydrogen-bond acceptors (Lipinski definition) is 3. The van der Waals surface area contributed by atoms with E-state index in [4.69, 9.17) is 22.1 Å². The normalized spacial score (nSPS) is 19.2. The van der Waals surface area contributed by atoms with Crippen LogP contribution in [0.2, 0.25) is 5.02 Å². The van der Waals surface area contributed by atoms with E-state index < -0.39 is 0 Å². The third kappa shape index (κ3) is 4.28. The van der Waals surface area contributed by atoms with Crippen LogP contribution in [-0.4, -0.2) is 43.8 Å². The van der Waals surface area contributed by atoms with Gasteiger partial charge in [0.05, 0.1) is 13.2 Å². The Morgan fingerprint density at radius 1 is 1.35 bits per heavy atom. The van der Waals surface area contributed by atoms with E-state index in [1.54, 1.807) is 0 Å². The highest BCUT2D eigenvalue weighted by Crippen LogP contribution is 2.12. The summed E-state index contributed by atoms with van der Waals surface area (Å²) in [6.07, 6.45) is 0.873. The van der Waals surface area contributed by atoms with Crippen molar-refractivity contribution in [3.63, 3.8) is 0 Å². The van der Waals surface area contributed by atoms with E-state index in [0.717, 1.165) is 44.3 Å². The Bertz CT molecular complexity index is 353. The molecule has 0 bridgehead atoms. The summed E-state index contributed by atoms with van der Waals surface area (Å²) in [5.41, 5.74) is 7.37. The van der Waals surface area contributed by atoms with Crippen LogP contribution >= 0.6 is 11.6 Å². The monoisotopic (exact) mass is 254 g/mol. The largest absolute Gasteiger partial charge is 0.379 e. The second-order valence-electron chi connectivity index (χ2n) is 4.51. The van der Waals surface area contributed by atoms with Crippen LogP contribution in [0.4, 0.5) is 0 Å². The minimum Gasteiger partial charge on any atom is -0.379 e. The Labute approximate surface area is 107 Å². The van der Waals surface area contributed by atoms with Crippen LogP contribution in [0.1, 0.15) is 5.56 Å². The average Bonchev–Trinajstić information content (AvgIpc) is 2.30. The lowest BCUT2D eigenvalue weighted by Gasteiger charge is -2.29. The Kier molecular flexibility index (Phi) is 4.80. The summed E-state index contributed by atoms with van der Waals surface area (Å²) in [4.78, 5) is 2.36. The SMILES string of the molecule is NC(Cc1cccc(Cl)c1)CN1CCOCC1. The summed E-state index contributed by atoms with van der Waals surface area (Å²) in [7, 11) is 0. The number of rotatable bonds is 4. The third-order valence-corrected chi connectivity index (χ3v) is 3.22. The van der Waals surface area contributed by atoms with Crippen molar-refractivity contribution in [2.75, 3.05) is 32.8 Å². The smallest absolute Gasteiger partial charge is 0.0594 e. The van der Waals surface area contributed by atoms with Gasteiger partial charge in [0.15, 0.2) is 0 Å². The van der Waals surface area contributed by atoms with Crippen LogP contribution < -0.4 is 5.73 Å². The second kappa shape index (κ2) is 6.36. The molecular formula is C13H19ClN2O. The number of halogens is 1. The predicted molar refractivity (Wildman–Crippen MR) is 70.4 cm³/mol. The Balaban J connectivity index is 1.82. The van der Waals surface area contributed by atoms with Gasteiger partial charge in [0.1, 0.15) is 0 Å². The molecule has 1 aliphatic rings. The molecule has 0 spiro atoms. The van der Waals surface area contributed by atoms with Gasteiger partial charge in [-0.3, -0.25) is 4.90 Å². The van der Waals surface area contributed by atoms with Crippen LogP contribution in [0.5, 0.6) is 0 Å². The molecule has 1 aliphatic heterocycles. The number of hydrogen-bond donors (Lipinski definition) is 1. The van der Waals surface area contributed by atoms with Crippen molar-refractivity contribution >= 4 is 11.6 Å². The number of nitrogens with two attached hydrogens (primary N) is 1. The lowest BCUT2D eigenvalue weighted by Crippen LogP contribution is -2.44. The van der Waals surface area contributed by atoms with E-state index in [2.05, 4.69) is 11.0 Å². The zero-order chi connectivity index (χ0) is 12.1. The number of benzene rings is 1. The minimum atomic E-state index is 0.159. The Hall–Kier alpha value is -0.610. The van der Waals surface area contributed by atoms with Gasteiger partial charge in [-0.25, -0.2) is 0 Å². The Morgan fingerprint density at radius 3 is 2.82 bits per heavy atom. The topological polar surface area (TPSA) is 38.5 Å². The molecule has 0 amide bonds. The molecule has 1 aromatic carbocycles. The summed E-state index contributed by atoms with van der Waals surface area (Å²) in [6, 6.07) is 8.08. The first kappa shape index (κ1) is 12.8. The fourth-order valence-electron chi connectivity index (χ4n) is 2.15. The molecule has 2 N–H and O–H groups in total. The molecule has 0 radical (unpaired) electrons. The fraction of sp³-hybridized carbons (Fsp3) is 0.538. The maximum atomic E-state index is 6.16. The van der Waals surface area contributed by atoms with Gasteiger partial charge in [-0.05, 0) is 24.1 Å². The maximum absolute atomic E-state index is 6.16. The van der Waals surface area contributed by atoms with Gasteiger partial charge in [-0.15, -0.1) is 0 Å². The molecule has 1 unspecified atom stereocenters. The molecule has 1 aromatic rings. The van der Waals surface area contributed by atoms with Gasteiger partial charge < -0.3 is 10.5 Å². The molecule has 2 rings (SSSR count). The zero-order valence-corrected chi connectivity index (χ0v) is 10.7. The first-order valence-electron chi connectivity index (χ1n) is 6.04. The van der Waals surface area contributed by atoms with Gasteiger partial charge in [0.25, 0.3) is 0 Å². The van der Waals surface area contributed by atoms with Crippen molar-refractivity contribution in [2.24, 2.45) is 5.73 Å². The summed E-state index contributed by atoms with van der Waals surface area (Å²) >= 11 is 5.95. The molecule has 1 heterocycles. The van der Waals surface area contributed by atoms with E-state index in [9.17, 15) is 0 Å².